The van der Waals surface area contributed by atoms with Crippen molar-refractivity contribution < 1.29 is 4.74 Å². The summed E-state index contributed by atoms with van der Waals surface area (Å²) in [6.07, 6.45) is 1.78. The fourth-order valence-corrected chi connectivity index (χ4v) is 3.95. The molecule has 2 aromatic carbocycles. The highest BCUT2D eigenvalue weighted by atomic mass is 35.5. The molecule has 1 aliphatic heterocycles. The zero-order chi connectivity index (χ0) is 22.1. The molecule has 4 aromatic rings. The van der Waals surface area contributed by atoms with Gasteiger partial charge in [-0.1, -0.05) is 24.2 Å². The average molecular weight is 447 g/mol. The van der Waals surface area contributed by atoms with E-state index in [4.69, 9.17) is 26.3 Å². The Morgan fingerprint density at radius 1 is 1.06 bits per heavy atom. The Balaban J connectivity index is 1.58. The van der Waals surface area contributed by atoms with Gasteiger partial charge in [-0.25, -0.2) is 4.98 Å². The van der Waals surface area contributed by atoms with Crippen LogP contribution in [0.2, 0.25) is 5.02 Å². The molecule has 0 atom stereocenters. The van der Waals surface area contributed by atoms with Gasteiger partial charge >= 0.3 is 0 Å². The van der Waals surface area contributed by atoms with Crippen LogP contribution < -0.4 is 10.2 Å². The van der Waals surface area contributed by atoms with Crippen molar-refractivity contribution in [2.24, 2.45) is 7.05 Å². The lowest BCUT2D eigenvalue weighted by atomic mass is 10.1. The van der Waals surface area contributed by atoms with Crippen molar-refractivity contribution in [2.75, 3.05) is 36.5 Å². The highest BCUT2D eigenvalue weighted by Crippen LogP contribution is 2.29. The number of aromatic nitrogens is 4. The van der Waals surface area contributed by atoms with Crippen LogP contribution in [0.4, 0.5) is 17.5 Å². The maximum atomic E-state index is 6.03. The van der Waals surface area contributed by atoms with Crippen LogP contribution in [0.3, 0.4) is 0 Å². The summed E-state index contributed by atoms with van der Waals surface area (Å²) in [7, 11) is 1.94. The van der Waals surface area contributed by atoms with Crippen LogP contribution in [0.5, 0.6) is 0 Å². The van der Waals surface area contributed by atoms with Crippen LogP contribution in [-0.2, 0) is 11.8 Å². The molecule has 0 unspecified atom stereocenters. The van der Waals surface area contributed by atoms with Gasteiger partial charge in [0.15, 0.2) is 0 Å². The first-order valence-corrected chi connectivity index (χ1v) is 10.8. The number of halogens is 1. The fraction of sp³-hybridized carbons (Fsp3) is 0.208. The topological polar surface area (TPSA) is 68.1 Å². The molecule has 1 aliphatic rings. The van der Waals surface area contributed by atoms with Crippen molar-refractivity contribution >= 4 is 46.0 Å². The lowest BCUT2D eigenvalue weighted by Crippen LogP contribution is -2.37. The van der Waals surface area contributed by atoms with Crippen molar-refractivity contribution in [1.82, 2.24) is 19.7 Å². The summed E-state index contributed by atoms with van der Waals surface area (Å²) in [5.41, 5.74) is 4.63. The van der Waals surface area contributed by atoms with Crippen LogP contribution in [0, 0.1) is 0 Å². The first-order valence-electron chi connectivity index (χ1n) is 10.4. The van der Waals surface area contributed by atoms with E-state index in [1.54, 1.807) is 6.08 Å². The molecule has 0 aliphatic carbocycles. The number of nitrogens with one attached hydrogen (secondary N) is 1. The van der Waals surface area contributed by atoms with Crippen molar-refractivity contribution in [1.29, 1.82) is 0 Å². The molecule has 5 rings (SSSR count). The van der Waals surface area contributed by atoms with E-state index in [0.29, 0.717) is 24.2 Å². The van der Waals surface area contributed by atoms with E-state index in [2.05, 4.69) is 40.1 Å². The van der Waals surface area contributed by atoms with Gasteiger partial charge in [0.2, 0.25) is 5.95 Å². The lowest BCUT2D eigenvalue weighted by molar-refractivity contribution is 0.122. The normalized spacial score (nSPS) is 14.0. The Morgan fingerprint density at radius 3 is 2.59 bits per heavy atom. The second-order valence-electron chi connectivity index (χ2n) is 7.61. The van der Waals surface area contributed by atoms with E-state index in [0.717, 1.165) is 52.4 Å². The van der Waals surface area contributed by atoms with Crippen molar-refractivity contribution in [3.63, 3.8) is 0 Å². The van der Waals surface area contributed by atoms with E-state index in [1.165, 1.54) is 0 Å². The van der Waals surface area contributed by atoms with Crippen molar-refractivity contribution in [2.45, 2.75) is 0 Å². The van der Waals surface area contributed by atoms with Gasteiger partial charge in [-0.3, -0.25) is 4.68 Å². The third-order valence-corrected chi connectivity index (χ3v) is 5.75. The number of fused-ring (bicyclic) bond motifs is 1. The SMILES string of the molecule is C=Cc1nn(C)c2cc(-c3cc(Nc4ccc(Cl)cc4)nc(N4CCOCC4)n3)ccc12. The molecule has 8 heteroatoms. The molecule has 32 heavy (non-hydrogen) atoms. The quantitative estimate of drug-likeness (QED) is 0.470. The highest BCUT2D eigenvalue weighted by molar-refractivity contribution is 6.30. The number of hydrogen-bond donors (Lipinski definition) is 1. The zero-order valence-corrected chi connectivity index (χ0v) is 18.5. The van der Waals surface area contributed by atoms with Gasteiger partial charge in [-0.05, 0) is 42.5 Å². The predicted octanol–water partition coefficient (Wildman–Crippen LogP) is 4.91. The third kappa shape index (κ3) is 4.04. The molecule has 3 heterocycles. The molecule has 1 saturated heterocycles. The van der Waals surface area contributed by atoms with E-state index in [9.17, 15) is 0 Å². The number of rotatable bonds is 5. The number of morpholine rings is 1. The van der Waals surface area contributed by atoms with E-state index in [1.807, 2.05) is 42.1 Å². The van der Waals surface area contributed by atoms with Gasteiger partial charge in [0, 0.05) is 47.9 Å². The van der Waals surface area contributed by atoms with Gasteiger partial charge in [-0.2, -0.15) is 10.1 Å². The summed E-state index contributed by atoms with van der Waals surface area (Å²) >= 11 is 6.03. The van der Waals surface area contributed by atoms with E-state index >= 15 is 0 Å². The summed E-state index contributed by atoms with van der Waals surface area (Å²) in [4.78, 5) is 11.8. The van der Waals surface area contributed by atoms with Crippen molar-refractivity contribution in [3.05, 3.63) is 65.8 Å². The molecule has 1 fully saturated rings. The first-order chi connectivity index (χ1) is 15.6. The van der Waals surface area contributed by atoms with Crippen LogP contribution in [-0.4, -0.2) is 46.1 Å². The molecule has 1 N–H and O–H groups in total. The minimum absolute atomic E-state index is 0.666. The highest BCUT2D eigenvalue weighted by Gasteiger charge is 2.17. The maximum Gasteiger partial charge on any atom is 0.228 e. The minimum Gasteiger partial charge on any atom is -0.378 e. The fourth-order valence-electron chi connectivity index (χ4n) is 3.83. The Hall–Kier alpha value is -3.42. The summed E-state index contributed by atoms with van der Waals surface area (Å²) < 4.78 is 7.37. The molecule has 0 bridgehead atoms. The van der Waals surface area contributed by atoms with Gasteiger partial charge < -0.3 is 15.0 Å². The maximum absolute atomic E-state index is 6.03. The first kappa shape index (κ1) is 20.5. The predicted molar refractivity (Wildman–Crippen MR) is 130 cm³/mol. The van der Waals surface area contributed by atoms with E-state index < -0.39 is 0 Å². The molecule has 162 valence electrons. The Bertz CT molecular complexity index is 1280. The smallest absolute Gasteiger partial charge is 0.228 e. The van der Waals surface area contributed by atoms with Gasteiger partial charge in [0.1, 0.15) is 5.82 Å². The largest absolute Gasteiger partial charge is 0.378 e. The number of nitrogens with zero attached hydrogens (tertiary/aromatic N) is 5. The number of aryl methyl sites for hydroxylation is 1. The number of benzene rings is 2. The molecular formula is C24H23ClN6O. The average Bonchev–Trinajstić information content (AvgIpc) is 3.16. The summed E-state index contributed by atoms with van der Waals surface area (Å²) in [6.45, 7) is 6.71. The zero-order valence-electron chi connectivity index (χ0n) is 17.8. The van der Waals surface area contributed by atoms with Gasteiger partial charge in [-0.15, -0.1) is 0 Å². The second kappa shape index (κ2) is 8.61. The Labute approximate surface area is 191 Å². The molecule has 2 aromatic heterocycles. The number of ether oxygens (including phenoxy) is 1. The van der Waals surface area contributed by atoms with E-state index in [-0.39, 0.29) is 0 Å². The number of anilines is 3. The van der Waals surface area contributed by atoms with Crippen LogP contribution in [0.1, 0.15) is 5.69 Å². The number of hydrogen-bond acceptors (Lipinski definition) is 6. The van der Waals surface area contributed by atoms with Crippen LogP contribution in [0.25, 0.3) is 28.2 Å². The lowest BCUT2D eigenvalue weighted by Gasteiger charge is -2.27. The molecule has 0 spiro atoms. The molecule has 7 nitrogen and oxygen atoms in total. The monoisotopic (exact) mass is 446 g/mol. The molecular weight excluding hydrogens is 424 g/mol. The summed E-state index contributed by atoms with van der Waals surface area (Å²) in [6, 6.07) is 15.8. The molecule has 0 saturated carbocycles. The minimum atomic E-state index is 0.666. The van der Waals surface area contributed by atoms with Gasteiger partial charge in [0.25, 0.3) is 0 Å². The summed E-state index contributed by atoms with van der Waals surface area (Å²) in [5.74, 6) is 1.40. The van der Waals surface area contributed by atoms with Crippen LogP contribution in [0.15, 0.2) is 55.1 Å². The van der Waals surface area contributed by atoms with Crippen LogP contribution >= 0.6 is 11.6 Å². The molecule has 0 radical (unpaired) electrons. The standard InChI is InChI=1S/C24H23ClN6O/c1-3-20-19-9-4-16(14-22(19)30(2)29-20)21-15-23(26-18-7-5-17(25)6-8-18)28-24(27-21)31-10-12-32-13-11-31/h3-9,14-15H,1,10-13H2,2H3,(H,26,27,28). The third-order valence-electron chi connectivity index (χ3n) is 5.49. The summed E-state index contributed by atoms with van der Waals surface area (Å²) in [5, 5.41) is 9.67. The Kier molecular flexibility index (Phi) is 5.51. The molecule has 0 amide bonds. The van der Waals surface area contributed by atoms with Crippen molar-refractivity contribution in [3.8, 4) is 11.3 Å². The Morgan fingerprint density at radius 2 is 1.84 bits per heavy atom. The second-order valence-corrected chi connectivity index (χ2v) is 8.05. The van der Waals surface area contributed by atoms with Gasteiger partial charge in [0.05, 0.1) is 30.1 Å².